The number of furan rings is 1. The predicted octanol–water partition coefficient (Wildman–Crippen LogP) is 4.47. The average molecular weight is 455 g/mol. The Hall–Kier alpha value is -2.74. The number of hydrogen-bond acceptors (Lipinski definition) is 6. The van der Waals surface area contributed by atoms with Gasteiger partial charge in [0.25, 0.3) is 0 Å². The molecule has 0 bridgehead atoms. The van der Waals surface area contributed by atoms with Crippen LogP contribution in [0.3, 0.4) is 0 Å². The van der Waals surface area contributed by atoms with E-state index in [4.69, 9.17) is 9.15 Å². The van der Waals surface area contributed by atoms with Crippen molar-refractivity contribution in [3.8, 4) is 5.75 Å². The Morgan fingerprint density at radius 1 is 1.25 bits per heavy atom. The van der Waals surface area contributed by atoms with Crippen LogP contribution in [0.1, 0.15) is 42.5 Å². The molecule has 0 saturated carbocycles. The van der Waals surface area contributed by atoms with Crippen molar-refractivity contribution in [2.75, 3.05) is 18.8 Å². The third-order valence-corrected chi connectivity index (χ3v) is 6.89. The van der Waals surface area contributed by atoms with Gasteiger partial charge < -0.3 is 14.1 Å². The molecule has 1 aliphatic rings. The maximum Gasteiger partial charge on any atom is 0.233 e. The van der Waals surface area contributed by atoms with Crippen LogP contribution in [0, 0.1) is 19.8 Å². The van der Waals surface area contributed by atoms with Crippen molar-refractivity contribution in [2.45, 2.75) is 51.9 Å². The highest BCUT2D eigenvalue weighted by Crippen LogP contribution is 2.24. The summed E-state index contributed by atoms with van der Waals surface area (Å²) in [5, 5.41) is 9.43. The number of carbonyl (C=O) groups excluding carboxylic acids is 1. The van der Waals surface area contributed by atoms with Gasteiger partial charge in [0.2, 0.25) is 5.91 Å². The molecule has 0 spiro atoms. The van der Waals surface area contributed by atoms with E-state index in [1.165, 1.54) is 23.7 Å². The standard InChI is InChI=1S/C24H30N4O3S/c1-17-7-5-11-27(13-17)23(29)16-32-24-26-25-22(28(24)14-20-9-6-12-30-20)15-31-21-10-4-8-18(2)19(21)3/h4,6,8-10,12,17H,5,7,11,13-16H2,1-3H3/t17-/m1/s1. The van der Waals surface area contributed by atoms with Crippen LogP contribution >= 0.6 is 11.8 Å². The summed E-state index contributed by atoms with van der Waals surface area (Å²) in [6.07, 6.45) is 3.92. The van der Waals surface area contributed by atoms with E-state index in [1.807, 2.05) is 40.7 Å². The average Bonchev–Trinajstić information content (AvgIpc) is 3.43. The summed E-state index contributed by atoms with van der Waals surface area (Å²) < 4.78 is 13.6. The Morgan fingerprint density at radius 3 is 2.91 bits per heavy atom. The van der Waals surface area contributed by atoms with Gasteiger partial charge in [-0.25, -0.2) is 0 Å². The largest absolute Gasteiger partial charge is 0.485 e. The Morgan fingerprint density at radius 2 is 2.12 bits per heavy atom. The van der Waals surface area contributed by atoms with Gasteiger partial charge in [0.1, 0.15) is 18.1 Å². The van der Waals surface area contributed by atoms with Crippen LogP contribution < -0.4 is 4.74 Å². The highest BCUT2D eigenvalue weighted by Gasteiger charge is 2.22. The molecule has 3 heterocycles. The molecule has 7 nitrogen and oxygen atoms in total. The zero-order valence-electron chi connectivity index (χ0n) is 18.9. The molecule has 0 unspecified atom stereocenters. The van der Waals surface area contributed by atoms with Crippen molar-refractivity contribution >= 4 is 17.7 Å². The Kier molecular flexibility index (Phi) is 7.19. The molecule has 1 fully saturated rings. The number of thioether (sulfide) groups is 1. The number of piperidine rings is 1. The van der Waals surface area contributed by atoms with E-state index in [9.17, 15) is 4.79 Å². The summed E-state index contributed by atoms with van der Waals surface area (Å²) in [6.45, 7) is 8.78. The molecular formula is C24H30N4O3S. The fourth-order valence-corrected chi connectivity index (χ4v) is 4.77. The van der Waals surface area contributed by atoms with Gasteiger partial charge in [-0.05, 0) is 61.9 Å². The highest BCUT2D eigenvalue weighted by atomic mass is 32.2. The zero-order valence-corrected chi connectivity index (χ0v) is 19.7. The molecule has 1 atom stereocenters. The van der Waals surface area contributed by atoms with Crippen molar-refractivity contribution in [2.24, 2.45) is 5.92 Å². The molecule has 170 valence electrons. The van der Waals surface area contributed by atoms with Crippen molar-refractivity contribution in [3.05, 3.63) is 59.3 Å². The van der Waals surface area contributed by atoms with Crippen LogP contribution in [-0.4, -0.2) is 44.4 Å². The van der Waals surface area contributed by atoms with Crippen LogP contribution in [-0.2, 0) is 17.9 Å². The Balaban J connectivity index is 1.47. The fraction of sp³-hybridized carbons (Fsp3) is 0.458. The van der Waals surface area contributed by atoms with E-state index >= 15 is 0 Å². The summed E-state index contributed by atoms with van der Waals surface area (Å²) in [7, 11) is 0. The molecule has 32 heavy (non-hydrogen) atoms. The predicted molar refractivity (Wildman–Crippen MR) is 124 cm³/mol. The number of aryl methyl sites for hydroxylation is 1. The fourth-order valence-electron chi connectivity index (χ4n) is 3.91. The second-order valence-electron chi connectivity index (χ2n) is 8.43. The molecule has 8 heteroatoms. The van der Waals surface area contributed by atoms with E-state index < -0.39 is 0 Å². The third-order valence-electron chi connectivity index (χ3n) is 5.93. The highest BCUT2D eigenvalue weighted by molar-refractivity contribution is 7.99. The second-order valence-corrected chi connectivity index (χ2v) is 9.37. The number of rotatable bonds is 8. The van der Waals surface area contributed by atoms with E-state index in [0.29, 0.717) is 29.2 Å². The summed E-state index contributed by atoms with van der Waals surface area (Å²) >= 11 is 1.42. The van der Waals surface area contributed by atoms with E-state index in [2.05, 4.69) is 30.1 Å². The van der Waals surface area contributed by atoms with Crippen LogP contribution in [0.25, 0.3) is 0 Å². The summed E-state index contributed by atoms with van der Waals surface area (Å²) in [5.74, 6) is 3.40. The van der Waals surface area contributed by atoms with Gasteiger partial charge in [-0.1, -0.05) is 30.8 Å². The van der Waals surface area contributed by atoms with Gasteiger partial charge in [0.15, 0.2) is 11.0 Å². The lowest BCUT2D eigenvalue weighted by atomic mass is 10.0. The number of nitrogens with zero attached hydrogens (tertiary/aromatic N) is 4. The lowest BCUT2D eigenvalue weighted by Crippen LogP contribution is -2.40. The smallest absolute Gasteiger partial charge is 0.233 e. The Labute approximate surface area is 193 Å². The van der Waals surface area contributed by atoms with Crippen LogP contribution in [0.5, 0.6) is 5.75 Å². The number of likely N-dealkylation sites (tertiary alicyclic amines) is 1. The van der Waals surface area contributed by atoms with Gasteiger partial charge >= 0.3 is 0 Å². The first-order valence-corrected chi connectivity index (χ1v) is 12.0. The summed E-state index contributed by atoms with van der Waals surface area (Å²) in [5.41, 5.74) is 2.29. The zero-order chi connectivity index (χ0) is 22.5. The van der Waals surface area contributed by atoms with Gasteiger partial charge in [-0.15, -0.1) is 10.2 Å². The van der Waals surface area contributed by atoms with Crippen molar-refractivity contribution < 1.29 is 13.9 Å². The van der Waals surface area contributed by atoms with Gasteiger partial charge in [0.05, 0.1) is 18.6 Å². The maximum absolute atomic E-state index is 12.7. The van der Waals surface area contributed by atoms with Gasteiger partial charge in [0, 0.05) is 13.1 Å². The molecule has 0 radical (unpaired) electrons. The normalized spacial score (nSPS) is 16.3. The molecule has 3 aromatic rings. The molecule has 1 aliphatic heterocycles. The molecule has 1 amide bonds. The minimum atomic E-state index is 0.155. The molecular weight excluding hydrogens is 424 g/mol. The third kappa shape index (κ3) is 5.35. The summed E-state index contributed by atoms with van der Waals surface area (Å²) in [6, 6.07) is 9.80. The SMILES string of the molecule is Cc1cccc(OCc2nnc(SCC(=O)N3CCC[C@@H](C)C3)n2Cc2ccco2)c1C. The monoisotopic (exact) mass is 454 g/mol. The van der Waals surface area contributed by atoms with E-state index in [-0.39, 0.29) is 12.5 Å². The minimum absolute atomic E-state index is 0.155. The van der Waals surface area contributed by atoms with Crippen molar-refractivity contribution in [3.63, 3.8) is 0 Å². The maximum atomic E-state index is 12.7. The lowest BCUT2D eigenvalue weighted by Gasteiger charge is -2.30. The van der Waals surface area contributed by atoms with Crippen molar-refractivity contribution in [1.29, 1.82) is 0 Å². The summed E-state index contributed by atoms with van der Waals surface area (Å²) in [4.78, 5) is 14.7. The van der Waals surface area contributed by atoms with Crippen LogP contribution in [0.15, 0.2) is 46.2 Å². The van der Waals surface area contributed by atoms with E-state index in [1.54, 1.807) is 6.26 Å². The molecule has 2 aromatic heterocycles. The first-order chi connectivity index (χ1) is 15.5. The number of aromatic nitrogens is 3. The van der Waals surface area contributed by atoms with E-state index in [0.717, 1.165) is 36.6 Å². The van der Waals surface area contributed by atoms with Crippen molar-refractivity contribution in [1.82, 2.24) is 19.7 Å². The van der Waals surface area contributed by atoms with Crippen LogP contribution in [0.4, 0.5) is 0 Å². The second kappa shape index (κ2) is 10.3. The molecule has 1 aromatic carbocycles. The lowest BCUT2D eigenvalue weighted by molar-refractivity contribution is -0.130. The first-order valence-electron chi connectivity index (χ1n) is 11.1. The number of benzene rings is 1. The molecule has 4 rings (SSSR count). The van der Waals surface area contributed by atoms with Crippen LogP contribution in [0.2, 0.25) is 0 Å². The number of carbonyl (C=O) groups is 1. The topological polar surface area (TPSA) is 73.4 Å². The minimum Gasteiger partial charge on any atom is -0.485 e. The molecule has 0 N–H and O–H groups in total. The Bertz CT molecular complexity index is 1050. The molecule has 1 saturated heterocycles. The number of hydrogen-bond donors (Lipinski definition) is 0. The quantitative estimate of drug-likeness (QED) is 0.468. The first kappa shape index (κ1) is 22.5. The van der Waals surface area contributed by atoms with Gasteiger partial charge in [-0.2, -0.15) is 0 Å². The van der Waals surface area contributed by atoms with Gasteiger partial charge in [-0.3, -0.25) is 9.36 Å². The number of amides is 1. The number of ether oxygens (including phenoxy) is 1. The molecule has 0 aliphatic carbocycles.